The number of halogens is 1. The average molecular weight is 301 g/mol. The maximum absolute atomic E-state index is 11.4. The molecule has 0 bridgehead atoms. The van der Waals surface area contributed by atoms with Gasteiger partial charge in [-0.25, -0.2) is 0 Å². The van der Waals surface area contributed by atoms with E-state index in [4.69, 9.17) is 0 Å². The molecule has 1 saturated heterocycles. The minimum Gasteiger partial charge on any atom is -0.298 e. The van der Waals surface area contributed by atoms with Crippen LogP contribution in [0.15, 0.2) is 0 Å². The van der Waals surface area contributed by atoms with Crippen LogP contribution < -0.4 is 0 Å². The van der Waals surface area contributed by atoms with Crippen molar-refractivity contribution in [3.8, 4) is 0 Å². The summed E-state index contributed by atoms with van der Waals surface area (Å²) < 4.78 is 12.6. The summed E-state index contributed by atoms with van der Waals surface area (Å²) in [7, 11) is -0.583. The third-order valence-corrected chi connectivity index (χ3v) is 4.91. The van der Waals surface area contributed by atoms with Gasteiger partial charge in [-0.05, 0) is 13.8 Å². The fraction of sp³-hybridized carbons (Fsp3) is 1.00. The van der Waals surface area contributed by atoms with Gasteiger partial charge in [-0.1, -0.05) is 22.6 Å². The summed E-state index contributed by atoms with van der Waals surface area (Å²) in [4.78, 5) is 2.44. The van der Waals surface area contributed by atoms with Crippen LogP contribution in [0.4, 0.5) is 0 Å². The van der Waals surface area contributed by atoms with Crippen molar-refractivity contribution < 1.29 is 4.21 Å². The van der Waals surface area contributed by atoms with Crippen LogP contribution in [0.25, 0.3) is 0 Å². The minimum absolute atomic E-state index is 0.349. The van der Waals surface area contributed by atoms with E-state index in [-0.39, 0.29) is 0 Å². The Balaban J connectivity index is 2.52. The first-order valence-electron chi connectivity index (χ1n) is 4.34. The molecule has 0 aromatic heterocycles. The Morgan fingerprint density at radius 2 is 2.25 bits per heavy atom. The van der Waals surface area contributed by atoms with Gasteiger partial charge in [0, 0.05) is 45.4 Å². The highest BCUT2D eigenvalue weighted by Crippen LogP contribution is 2.15. The first-order chi connectivity index (χ1) is 5.66. The van der Waals surface area contributed by atoms with Gasteiger partial charge in [-0.2, -0.15) is 0 Å². The predicted molar refractivity (Wildman–Crippen MR) is 62.4 cm³/mol. The topological polar surface area (TPSA) is 20.3 Å². The summed E-state index contributed by atoms with van der Waals surface area (Å²) in [6.07, 6.45) is 0. The third-order valence-electron chi connectivity index (χ3n) is 2.62. The summed E-state index contributed by atoms with van der Waals surface area (Å²) >= 11 is 2.39. The maximum atomic E-state index is 11.4. The van der Waals surface area contributed by atoms with Gasteiger partial charge in [0.25, 0.3) is 0 Å². The van der Waals surface area contributed by atoms with Crippen LogP contribution in [0.5, 0.6) is 0 Å². The molecule has 3 unspecified atom stereocenters. The predicted octanol–water partition coefficient (Wildman–Crippen LogP) is 1.26. The van der Waals surface area contributed by atoms with E-state index in [1.807, 2.05) is 0 Å². The van der Waals surface area contributed by atoms with Crippen molar-refractivity contribution >= 4 is 33.4 Å². The molecule has 72 valence electrons. The van der Waals surface area contributed by atoms with Gasteiger partial charge in [0.1, 0.15) is 0 Å². The highest BCUT2D eigenvalue weighted by atomic mass is 127. The molecule has 0 aliphatic carbocycles. The molecule has 0 N–H and O–H groups in total. The molecule has 2 nitrogen and oxygen atoms in total. The Morgan fingerprint density at radius 3 is 2.83 bits per heavy atom. The zero-order valence-electron chi connectivity index (χ0n) is 7.62. The Bertz CT molecular complexity index is 176. The lowest BCUT2D eigenvalue weighted by molar-refractivity contribution is 0.224. The van der Waals surface area contributed by atoms with Gasteiger partial charge < -0.3 is 0 Å². The molecule has 3 atom stereocenters. The molecule has 1 fully saturated rings. The summed E-state index contributed by atoms with van der Waals surface area (Å²) in [6.45, 7) is 6.44. The van der Waals surface area contributed by atoms with E-state index in [2.05, 4.69) is 41.3 Å². The second kappa shape index (κ2) is 4.91. The van der Waals surface area contributed by atoms with Crippen molar-refractivity contribution in [2.45, 2.75) is 25.1 Å². The molecular formula is C8H16INOS. The van der Waals surface area contributed by atoms with Gasteiger partial charge in [-0.3, -0.25) is 9.11 Å². The van der Waals surface area contributed by atoms with E-state index in [0.29, 0.717) is 11.3 Å². The molecule has 0 radical (unpaired) electrons. The molecule has 4 heteroatoms. The van der Waals surface area contributed by atoms with Gasteiger partial charge in [0.15, 0.2) is 0 Å². The monoisotopic (exact) mass is 301 g/mol. The van der Waals surface area contributed by atoms with Crippen LogP contribution in [0.3, 0.4) is 0 Å². The normalized spacial score (nSPS) is 38.4. The van der Waals surface area contributed by atoms with Crippen LogP contribution in [0.2, 0.25) is 0 Å². The van der Waals surface area contributed by atoms with Gasteiger partial charge in [-0.15, -0.1) is 0 Å². The number of nitrogens with zero attached hydrogens (tertiary/aromatic N) is 1. The number of hydrogen-bond donors (Lipinski definition) is 0. The SMILES string of the molecule is CC1C(C)S(=O)CCN1CCI. The molecule has 0 aromatic carbocycles. The van der Waals surface area contributed by atoms with E-state index in [1.54, 1.807) is 0 Å². The number of hydrogen-bond acceptors (Lipinski definition) is 2. The highest BCUT2D eigenvalue weighted by Gasteiger charge is 2.28. The lowest BCUT2D eigenvalue weighted by Crippen LogP contribution is -2.50. The summed E-state index contributed by atoms with van der Waals surface area (Å²) in [5, 5.41) is 0.349. The van der Waals surface area contributed by atoms with Crippen LogP contribution >= 0.6 is 22.6 Å². The zero-order chi connectivity index (χ0) is 9.14. The van der Waals surface area contributed by atoms with E-state index in [1.165, 1.54) is 4.43 Å². The quantitative estimate of drug-likeness (QED) is 0.565. The van der Waals surface area contributed by atoms with Gasteiger partial charge in [0.2, 0.25) is 0 Å². The fourth-order valence-electron chi connectivity index (χ4n) is 1.54. The van der Waals surface area contributed by atoms with Gasteiger partial charge >= 0.3 is 0 Å². The summed E-state index contributed by atoms with van der Waals surface area (Å²) in [6, 6.07) is 0.495. The molecule has 1 rings (SSSR count). The van der Waals surface area contributed by atoms with E-state index in [9.17, 15) is 4.21 Å². The van der Waals surface area contributed by atoms with Crippen molar-refractivity contribution in [3.63, 3.8) is 0 Å². The lowest BCUT2D eigenvalue weighted by Gasteiger charge is -2.36. The van der Waals surface area contributed by atoms with E-state index in [0.717, 1.165) is 18.8 Å². The zero-order valence-corrected chi connectivity index (χ0v) is 10.6. The first-order valence-corrected chi connectivity index (χ1v) is 7.24. The summed E-state index contributed by atoms with van der Waals surface area (Å²) in [5.74, 6) is 0.863. The number of alkyl halides is 1. The molecule has 1 heterocycles. The standard InChI is InChI=1S/C8H16INOS/c1-7-8(2)12(11)6-5-10(7)4-3-9/h7-8H,3-6H2,1-2H3. The Morgan fingerprint density at radius 1 is 1.58 bits per heavy atom. The first kappa shape index (κ1) is 10.9. The lowest BCUT2D eigenvalue weighted by atomic mass is 10.2. The fourth-order valence-corrected chi connectivity index (χ4v) is 3.55. The largest absolute Gasteiger partial charge is 0.298 e. The summed E-state index contributed by atoms with van der Waals surface area (Å²) in [5.41, 5.74) is 0. The average Bonchev–Trinajstić information content (AvgIpc) is 2.07. The molecule has 0 amide bonds. The van der Waals surface area contributed by atoms with Crippen LogP contribution in [0, 0.1) is 0 Å². The molecule has 1 aliphatic rings. The second-order valence-corrected chi connectivity index (χ2v) is 6.25. The Hall–Kier alpha value is 0.840. The Labute approximate surface area is 90.7 Å². The maximum Gasteiger partial charge on any atom is 0.0473 e. The van der Waals surface area contributed by atoms with Crippen molar-refractivity contribution in [2.24, 2.45) is 0 Å². The second-order valence-electron chi connectivity index (χ2n) is 3.26. The Kier molecular flexibility index (Phi) is 4.46. The molecule has 0 saturated carbocycles. The third kappa shape index (κ3) is 2.42. The minimum atomic E-state index is -0.583. The van der Waals surface area contributed by atoms with E-state index < -0.39 is 10.8 Å². The molecule has 12 heavy (non-hydrogen) atoms. The highest BCUT2D eigenvalue weighted by molar-refractivity contribution is 14.1. The molecular weight excluding hydrogens is 285 g/mol. The van der Waals surface area contributed by atoms with Gasteiger partial charge in [0.05, 0.1) is 0 Å². The molecule has 1 aliphatic heterocycles. The van der Waals surface area contributed by atoms with Crippen molar-refractivity contribution in [1.29, 1.82) is 0 Å². The number of rotatable bonds is 2. The van der Waals surface area contributed by atoms with Crippen molar-refractivity contribution in [1.82, 2.24) is 4.90 Å². The van der Waals surface area contributed by atoms with Crippen LogP contribution in [-0.2, 0) is 10.8 Å². The molecule has 0 spiro atoms. The van der Waals surface area contributed by atoms with E-state index >= 15 is 0 Å². The van der Waals surface area contributed by atoms with Crippen molar-refractivity contribution in [3.05, 3.63) is 0 Å². The van der Waals surface area contributed by atoms with Crippen molar-refractivity contribution in [2.75, 3.05) is 23.3 Å². The van der Waals surface area contributed by atoms with Crippen LogP contribution in [0.1, 0.15) is 13.8 Å². The van der Waals surface area contributed by atoms with Crippen LogP contribution in [-0.4, -0.2) is 43.7 Å². The molecule has 0 aromatic rings. The smallest absolute Gasteiger partial charge is 0.0473 e.